The number of hydrogen-bond acceptors (Lipinski definition) is 2. The van der Waals surface area contributed by atoms with Gasteiger partial charge in [-0.05, 0) is 33.6 Å². The Balaban J connectivity index is 2.64. The van der Waals surface area contributed by atoms with Crippen molar-refractivity contribution in [2.75, 3.05) is 0 Å². The molecule has 1 aromatic rings. The summed E-state index contributed by atoms with van der Waals surface area (Å²) >= 11 is 0. The number of rotatable bonds is 2. The Morgan fingerprint density at radius 2 is 1.82 bits per heavy atom. The summed E-state index contributed by atoms with van der Waals surface area (Å²) in [5.74, 6) is 0. The molecule has 0 saturated heterocycles. The van der Waals surface area contributed by atoms with E-state index in [1.807, 2.05) is 13.8 Å². The summed E-state index contributed by atoms with van der Waals surface area (Å²) in [5.41, 5.74) is 0.395. The molecule has 4 nitrogen and oxygen atoms in total. The summed E-state index contributed by atoms with van der Waals surface area (Å²) in [5, 5.41) is 0. The van der Waals surface area contributed by atoms with Crippen LogP contribution in [-0.4, -0.2) is 9.13 Å². The molecule has 94 valence electrons. The zero-order valence-corrected chi connectivity index (χ0v) is 10.8. The summed E-state index contributed by atoms with van der Waals surface area (Å²) in [6.45, 7) is 5.71. The number of nitrogens with zero attached hydrogens (tertiary/aromatic N) is 2. The lowest BCUT2D eigenvalue weighted by Crippen LogP contribution is -2.42. The van der Waals surface area contributed by atoms with Crippen molar-refractivity contribution in [3.8, 4) is 0 Å². The van der Waals surface area contributed by atoms with Crippen molar-refractivity contribution in [3.05, 3.63) is 32.6 Å². The van der Waals surface area contributed by atoms with E-state index in [2.05, 4.69) is 0 Å². The molecule has 0 aliphatic heterocycles. The molecular weight excluding hydrogens is 216 g/mol. The molecule has 0 atom stereocenters. The second-order valence-electron chi connectivity index (χ2n) is 5.21. The lowest BCUT2D eigenvalue weighted by atomic mass is 10.2. The van der Waals surface area contributed by atoms with Crippen molar-refractivity contribution in [2.24, 2.45) is 0 Å². The van der Waals surface area contributed by atoms with Crippen LogP contribution in [0, 0.1) is 6.92 Å². The minimum atomic E-state index is -0.150. The molecule has 1 heterocycles. The Morgan fingerprint density at radius 1 is 1.24 bits per heavy atom. The molecule has 0 bridgehead atoms. The average Bonchev–Trinajstić information content (AvgIpc) is 2.76. The Morgan fingerprint density at radius 3 is 2.35 bits per heavy atom. The predicted octanol–water partition coefficient (Wildman–Crippen LogP) is 2.01. The first-order chi connectivity index (χ1) is 8.02. The van der Waals surface area contributed by atoms with E-state index < -0.39 is 0 Å². The van der Waals surface area contributed by atoms with Gasteiger partial charge in [-0.2, -0.15) is 0 Å². The van der Waals surface area contributed by atoms with Gasteiger partial charge in [0.2, 0.25) is 0 Å². The van der Waals surface area contributed by atoms with Crippen molar-refractivity contribution in [1.29, 1.82) is 0 Å². The second kappa shape index (κ2) is 4.51. The molecule has 0 amide bonds. The van der Waals surface area contributed by atoms with Gasteiger partial charge in [0.05, 0.1) is 0 Å². The SMILES string of the molecule is Cc1cn(C(C)C)c(=O)n(C2CCCC2)c1=O. The maximum Gasteiger partial charge on any atom is 0.331 e. The molecule has 0 radical (unpaired) electrons. The van der Waals surface area contributed by atoms with Crippen molar-refractivity contribution in [2.45, 2.75) is 58.5 Å². The van der Waals surface area contributed by atoms with Gasteiger partial charge in [0.15, 0.2) is 0 Å². The molecule has 0 aromatic carbocycles. The van der Waals surface area contributed by atoms with Crippen molar-refractivity contribution < 1.29 is 0 Å². The van der Waals surface area contributed by atoms with Gasteiger partial charge in [-0.25, -0.2) is 4.79 Å². The third-order valence-electron chi connectivity index (χ3n) is 3.56. The van der Waals surface area contributed by atoms with E-state index in [-0.39, 0.29) is 23.3 Å². The smallest absolute Gasteiger partial charge is 0.298 e. The molecule has 1 saturated carbocycles. The maximum absolute atomic E-state index is 12.3. The Hall–Kier alpha value is -1.32. The minimum absolute atomic E-state index is 0.0921. The van der Waals surface area contributed by atoms with Crippen LogP contribution in [0.15, 0.2) is 15.8 Å². The zero-order chi connectivity index (χ0) is 12.6. The summed E-state index contributed by atoms with van der Waals surface area (Å²) in [4.78, 5) is 24.4. The molecule has 0 spiro atoms. The quantitative estimate of drug-likeness (QED) is 0.788. The minimum Gasteiger partial charge on any atom is -0.298 e. The Bertz CT molecular complexity index is 519. The summed E-state index contributed by atoms with van der Waals surface area (Å²) in [6, 6.07) is 0.203. The molecule has 2 rings (SSSR count). The first kappa shape index (κ1) is 12.1. The van der Waals surface area contributed by atoms with Crippen LogP contribution in [0.3, 0.4) is 0 Å². The van der Waals surface area contributed by atoms with Crippen LogP contribution in [0.2, 0.25) is 0 Å². The van der Waals surface area contributed by atoms with Crippen LogP contribution in [-0.2, 0) is 0 Å². The number of hydrogen-bond donors (Lipinski definition) is 0. The monoisotopic (exact) mass is 236 g/mol. The van der Waals surface area contributed by atoms with Crippen LogP contribution in [0.1, 0.15) is 57.2 Å². The molecule has 4 heteroatoms. The second-order valence-corrected chi connectivity index (χ2v) is 5.21. The lowest BCUT2D eigenvalue weighted by molar-refractivity contribution is 0.433. The summed E-state index contributed by atoms with van der Waals surface area (Å²) in [6.07, 6.45) is 5.83. The van der Waals surface area contributed by atoms with Gasteiger partial charge in [-0.15, -0.1) is 0 Å². The molecule has 0 N–H and O–H groups in total. The van der Waals surface area contributed by atoms with Crippen molar-refractivity contribution >= 4 is 0 Å². The van der Waals surface area contributed by atoms with E-state index in [1.165, 1.54) is 4.57 Å². The highest BCUT2D eigenvalue weighted by atomic mass is 16.2. The largest absolute Gasteiger partial charge is 0.331 e. The fraction of sp³-hybridized carbons (Fsp3) is 0.692. The van der Waals surface area contributed by atoms with Crippen molar-refractivity contribution in [1.82, 2.24) is 9.13 Å². The number of aryl methyl sites for hydroxylation is 1. The summed E-state index contributed by atoms with van der Waals surface area (Å²) < 4.78 is 3.14. The van der Waals surface area contributed by atoms with E-state index in [1.54, 1.807) is 17.7 Å². The third kappa shape index (κ3) is 2.08. The van der Waals surface area contributed by atoms with Crippen LogP contribution in [0.25, 0.3) is 0 Å². The highest BCUT2D eigenvalue weighted by molar-refractivity contribution is 5.04. The normalized spacial score (nSPS) is 16.9. The van der Waals surface area contributed by atoms with Crippen LogP contribution in [0.4, 0.5) is 0 Å². The molecule has 1 fully saturated rings. The molecule has 1 aliphatic rings. The predicted molar refractivity (Wildman–Crippen MR) is 67.6 cm³/mol. The summed E-state index contributed by atoms with van der Waals surface area (Å²) in [7, 11) is 0. The van der Waals surface area contributed by atoms with E-state index >= 15 is 0 Å². The fourth-order valence-electron chi connectivity index (χ4n) is 2.57. The van der Waals surface area contributed by atoms with E-state index in [4.69, 9.17) is 0 Å². The molecular formula is C13H20N2O2. The highest BCUT2D eigenvalue weighted by Crippen LogP contribution is 2.27. The highest BCUT2D eigenvalue weighted by Gasteiger charge is 2.22. The van der Waals surface area contributed by atoms with Crippen molar-refractivity contribution in [3.63, 3.8) is 0 Å². The molecule has 0 unspecified atom stereocenters. The first-order valence-electron chi connectivity index (χ1n) is 6.36. The third-order valence-corrected chi connectivity index (χ3v) is 3.56. The van der Waals surface area contributed by atoms with Gasteiger partial charge < -0.3 is 0 Å². The Labute approximate surface area is 101 Å². The number of aromatic nitrogens is 2. The fourth-order valence-corrected chi connectivity index (χ4v) is 2.57. The topological polar surface area (TPSA) is 44.0 Å². The van der Waals surface area contributed by atoms with Gasteiger partial charge in [0.25, 0.3) is 5.56 Å². The van der Waals surface area contributed by atoms with Crippen LogP contribution < -0.4 is 11.2 Å². The van der Waals surface area contributed by atoms with Crippen LogP contribution >= 0.6 is 0 Å². The maximum atomic E-state index is 12.3. The van der Waals surface area contributed by atoms with Gasteiger partial charge >= 0.3 is 5.69 Å². The lowest BCUT2D eigenvalue weighted by Gasteiger charge is -2.18. The van der Waals surface area contributed by atoms with Crippen LogP contribution in [0.5, 0.6) is 0 Å². The Kier molecular flexibility index (Phi) is 3.22. The molecule has 1 aromatic heterocycles. The standard InChI is InChI=1S/C13H20N2O2/c1-9(2)14-8-10(3)12(16)15(13(14)17)11-6-4-5-7-11/h8-9,11H,4-7H2,1-3H3. The van der Waals surface area contributed by atoms with Gasteiger partial charge in [0.1, 0.15) is 0 Å². The first-order valence-corrected chi connectivity index (χ1v) is 6.36. The van der Waals surface area contributed by atoms with Gasteiger partial charge in [0, 0.05) is 23.8 Å². The molecule has 1 aliphatic carbocycles. The van der Waals surface area contributed by atoms with Gasteiger partial charge in [-0.1, -0.05) is 12.8 Å². The molecule has 17 heavy (non-hydrogen) atoms. The average molecular weight is 236 g/mol. The van der Waals surface area contributed by atoms with Gasteiger partial charge in [-0.3, -0.25) is 13.9 Å². The zero-order valence-electron chi connectivity index (χ0n) is 10.8. The van der Waals surface area contributed by atoms with E-state index in [0.29, 0.717) is 5.56 Å². The van der Waals surface area contributed by atoms with E-state index in [9.17, 15) is 9.59 Å². The van der Waals surface area contributed by atoms with E-state index in [0.717, 1.165) is 25.7 Å².